The third-order valence-electron chi connectivity index (χ3n) is 8.79. The highest BCUT2D eigenvalue weighted by Gasteiger charge is 2.60. The number of ether oxygens (including phenoxy) is 1. The molecule has 194 valence electrons. The Balaban J connectivity index is 1.73. The summed E-state index contributed by atoms with van der Waals surface area (Å²) in [5.41, 5.74) is -1.01. The molecular formula is C25H43N3O6. The van der Waals surface area contributed by atoms with Gasteiger partial charge in [0.1, 0.15) is 6.10 Å². The molecule has 3 amide bonds. The van der Waals surface area contributed by atoms with Crippen LogP contribution >= 0.6 is 0 Å². The lowest BCUT2D eigenvalue weighted by atomic mass is 9.46. The molecule has 3 fully saturated rings. The van der Waals surface area contributed by atoms with Crippen molar-refractivity contribution in [2.75, 3.05) is 26.2 Å². The van der Waals surface area contributed by atoms with Gasteiger partial charge in [-0.2, -0.15) is 0 Å². The van der Waals surface area contributed by atoms with Gasteiger partial charge in [0.05, 0.1) is 12.7 Å². The standard InChI is InChI=1S/C25H43N3O6/c1-5-11-26-23(33)34-21-8-10-24(3)18(19(31)6-7-20(24)25(21,4)15-29)13-22(32)28-12-9-17(14-28)27-16(2)30/h17-21,29,31H,5-15H2,1-4H3,(H,26,33)(H,27,30)/t17-,18+,19+,20-,21+,24-,25-/m0/s1. The smallest absolute Gasteiger partial charge is 0.407 e. The third kappa shape index (κ3) is 5.35. The summed E-state index contributed by atoms with van der Waals surface area (Å²) in [6, 6.07) is -0.0230. The van der Waals surface area contributed by atoms with E-state index in [0.717, 1.165) is 12.8 Å². The zero-order chi connectivity index (χ0) is 25.1. The van der Waals surface area contributed by atoms with Crippen molar-refractivity contribution in [2.45, 2.75) is 90.9 Å². The zero-order valence-electron chi connectivity index (χ0n) is 21.1. The zero-order valence-corrected chi connectivity index (χ0v) is 21.1. The van der Waals surface area contributed by atoms with E-state index in [1.165, 1.54) is 6.92 Å². The van der Waals surface area contributed by atoms with Gasteiger partial charge >= 0.3 is 6.09 Å². The highest BCUT2D eigenvalue weighted by Crippen LogP contribution is 2.61. The minimum absolute atomic E-state index is 0.00166. The van der Waals surface area contributed by atoms with Crippen LogP contribution in [0.1, 0.15) is 72.6 Å². The van der Waals surface area contributed by atoms with E-state index in [1.807, 2.05) is 13.8 Å². The average molecular weight is 482 g/mol. The van der Waals surface area contributed by atoms with E-state index in [1.54, 1.807) is 4.90 Å². The molecule has 0 unspecified atom stereocenters. The fourth-order valence-corrected chi connectivity index (χ4v) is 6.89. The Hall–Kier alpha value is -1.87. The Kier molecular flexibility index (Phi) is 8.50. The van der Waals surface area contributed by atoms with Crippen LogP contribution in [0.2, 0.25) is 0 Å². The molecule has 9 nitrogen and oxygen atoms in total. The van der Waals surface area contributed by atoms with Crippen LogP contribution in [0, 0.1) is 22.7 Å². The minimum Gasteiger partial charge on any atom is -0.446 e. The summed E-state index contributed by atoms with van der Waals surface area (Å²) in [7, 11) is 0. The lowest BCUT2D eigenvalue weighted by Gasteiger charge is -2.60. The van der Waals surface area contributed by atoms with Gasteiger partial charge in [0.2, 0.25) is 11.8 Å². The number of rotatable bonds is 7. The van der Waals surface area contributed by atoms with Gasteiger partial charge in [0.25, 0.3) is 0 Å². The highest BCUT2D eigenvalue weighted by molar-refractivity contribution is 5.77. The van der Waals surface area contributed by atoms with Crippen LogP contribution in [-0.2, 0) is 14.3 Å². The van der Waals surface area contributed by atoms with Crippen molar-refractivity contribution >= 4 is 17.9 Å². The molecule has 1 aliphatic heterocycles. The van der Waals surface area contributed by atoms with Crippen LogP contribution in [0.5, 0.6) is 0 Å². The van der Waals surface area contributed by atoms with Gasteiger partial charge < -0.3 is 30.5 Å². The number of likely N-dealkylation sites (tertiary alicyclic amines) is 1. The number of aliphatic hydroxyl groups is 2. The van der Waals surface area contributed by atoms with Crippen LogP contribution < -0.4 is 10.6 Å². The van der Waals surface area contributed by atoms with Crippen molar-refractivity contribution in [3.8, 4) is 0 Å². The summed E-state index contributed by atoms with van der Waals surface area (Å²) in [6.45, 7) is 9.07. The van der Waals surface area contributed by atoms with E-state index < -0.39 is 23.7 Å². The van der Waals surface area contributed by atoms with Gasteiger partial charge in [-0.25, -0.2) is 4.79 Å². The maximum absolute atomic E-state index is 13.2. The predicted octanol–water partition coefficient (Wildman–Crippen LogP) is 1.80. The van der Waals surface area contributed by atoms with Gasteiger partial charge in [-0.1, -0.05) is 20.8 Å². The number of nitrogens with zero attached hydrogens (tertiary/aromatic N) is 1. The van der Waals surface area contributed by atoms with Gasteiger partial charge in [0, 0.05) is 44.4 Å². The monoisotopic (exact) mass is 481 g/mol. The third-order valence-corrected chi connectivity index (χ3v) is 8.79. The molecule has 34 heavy (non-hydrogen) atoms. The topological polar surface area (TPSA) is 128 Å². The number of carbonyl (C=O) groups excluding carboxylic acids is 3. The van der Waals surface area contributed by atoms with E-state index in [9.17, 15) is 24.6 Å². The number of hydrogen-bond acceptors (Lipinski definition) is 6. The van der Waals surface area contributed by atoms with Crippen LogP contribution in [0.15, 0.2) is 0 Å². The molecule has 1 heterocycles. The van der Waals surface area contributed by atoms with Crippen LogP contribution in [0.4, 0.5) is 4.79 Å². The van der Waals surface area contributed by atoms with E-state index in [2.05, 4.69) is 17.6 Å². The van der Waals surface area contributed by atoms with E-state index >= 15 is 0 Å². The molecule has 0 spiro atoms. The average Bonchev–Trinajstić information content (AvgIpc) is 3.24. The van der Waals surface area contributed by atoms with E-state index in [-0.39, 0.29) is 48.1 Å². The summed E-state index contributed by atoms with van der Waals surface area (Å²) >= 11 is 0. The second kappa shape index (κ2) is 10.8. The molecule has 3 aliphatic rings. The van der Waals surface area contributed by atoms with Crippen molar-refractivity contribution in [2.24, 2.45) is 22.7 Å². The number of alkyl carbamates (subject to hydrolysis) is 1. The first kappa shape index (κ1) is 26.7. The van der Waals surface area contributed by atoms with Gasteiger partial charge in [-0.05, 0) is 55.8 Å². The Morgan fingerprint density at radius 2 is 1.88 bits per heavy atom. The molecule has 0 bridgehead atoms. The Morgan fingerprint density at radius 1 is 1.15 bits per heavy atom. The van der Waals surface area contributed by atoms with Crippen molar-refractivity contribution in [1.82, 2.24) is 15.5 Å². The molecular weight excluding hydrogens is 438 g/mol. The Morgan fingerprint density at radius 3 is 2.53 bits per heavy atom. The molecule has 2 saturated carbocycles. The number of aliphatic hydroxyl groups excluding tert-OH is 2. The van der Waals surface area contributed by atoms with Gasteiger partial charge in [-0.3, -0.25) is 9.59 Å². The first-order valence-electron chi connectivity index (χ1n) is 12.8. The molecule has 0 aromatic rings. The van der Waals surface area contributed by atoms with E-state index in [0.29, 0.717) is 45.3 Å². The van der Waals surface area contributed by atoms with Crippen LogP contribution in [0.3, 0.4) is 0 Å². The lowest BCUT2D eigenvalue weighted by Crippen LogP contribution is -2.61. The van der Waals surface area contributed by atoms with Crippen LogP contribution in [0.25, 0.3) is 0 Å². The molecule has 3 rings (SSSR count). The number of amides is 3. The summed E-state index contributed by atoms with van der Waals surface area (Å²) in [5.74, 6) is -0.321. The number of hydrogen-bond donors (Lipinski definition) is 4. The van der Waals surface area contributed by atoms with Gasteiger partial charge in [-0.15, -0.1) is 0 Å². The predicted molar refractivity (Wildman–Crippen MR) is 127 cm³/mol. The molecule has 1 saturated heterocycles. The molecule has 0 aromatic heterocycles. The lowest BCUT2D eigenvalue weighted by molar-refractivity contribution is -0.187. The SMILES string of the molecule is CCCNC(=O)O[C@@H]1CC[C@]2(C)[C@H](CC[C@@H](O)[C@H]2CC(=O)N2CC[C@H](NC(C)=O)C2)[C@]1(C)CO. The first-order valence-corrected chi connectivity index (χ1v) is 12.8. The number of carbonyl (C=O) groups is 3. The largest absolute Gasteiger partial charge is 0.446 e. The Bertz CT molecular complexity index is 763. The summed E-state index contributed by atoms with van der Waals surface area (Å²) in [6.07, 6.45) is 2.88. The molecule has 0 aromatic carbocycles. The molecule has 4 N–H and O–H groups in total. The maximum Gasteiger partial charge on any atom is 0.407 e. The van der Waals surface area contributed by atoms with Crippen molar-refractivity contribution in [3.05, 3.63) is 0 Å². The summed E-state index contributed by atoms with van der Waals surface area (Å²) in [5, 5.41) is 27.1. The van der Waals surface area contributed by atoms with E-state index in [4.69, 9.17) is 4.74 Å². The van der Waals surface area contributed by atoms with Crippen LogP contribution in [-0.4, -0.2) is 77.5 Å². The van der Waals surface area contributed by atoms with Crippen molar-refractivity contribution in [1.29, 1.82) is 0 Å². The molecule has 0 radical (unpaired) electrons. The second-order valence-corrected chi connectivity index (χ2v) is 11.1. The minimum atomic E-state index is -0.651. The highest BCUT2D eigenvalue weighted by atomic mass is 16.6. The van der Waals surface area contributed by atoms with Crippen molar-refractivity contribution < 1.29 is 29.3 Å². The Labute approximate surface area is 203 Å². The molecule has 9 heteroatoms. The van der Waals surface area contributed by atoms with Gasteiger partial charge in [0.15, 0.2) is 0 Å². The number of fused-ring (bicyclic) bond motifs is 1. The summed E-state index contributed by atoms with van der Waals surface area (Å²) in [4.78, 5) is 38.7. The quantitative estimate of drug-likeness (QED) is 0.439. The normalized spacial score (nSPS) is 37.6. The molecule has 7 atom stereocenters. The first-order chi connectivity index (χ1) is 16.0. The second-order valence-electron chi connectivity index (χ2n) is 11.1. The maximum atomic E-state index is 13.2. The summed E-state index contributed by atoms with van der Waals surface area (Å²) < 4.78 is 5.78. The van der Waals surface area contributed by atoms with Crippen molar-refractivity contribution in [3.63, 3.8) is 0 Å². The fourth-order valence-electron chi connectivity index (χ4n) is 6.89. The fraction of sp³-hybridized carbons (Fsp3) is 0.880. The molecule has 2 aliphatic carbocycles. The number of nitrogens with one attached hydrogen (secondary N) is 2.